The molecule has 0 bridgehead atoms. The number of nitrogens with zero attached hydrogens (tertiary/aromatic N) is 3. The van der Waals surface area contributed by atoms with Gasteiger partial charge in [0.15, 0.2) is 11.4 Å². The molecule has 3 aromatic heterocycles. The molecular formula is C12H11N5O2. The number of hydrogen-bond acceptors (Lipinski definition) is 5. The molecule has 2 N–H and O–H groups in total. The molecule has 1 aliphatic heterocycles. The second-order valence-electron chi connectivity index (χ2n) is 4.46. The van der Waals surface area contributed by atoms with E-state index in [0.29, 0.717) is 23.8 Å². The van der Waals surface area contributed by atoms with Crippen molar-refractivity contribution in [3.8, 4) is 11.6 Å². The Labute approximate surface area is 107 Å². The Bertz CT molecular complexity index is 799. The predicted octanol–water partition coefficient (Wildman–Crippen LogP) is 0.323. The summed E-state index contributed by atoms with van der Waals surface area (Å²) in [7, 11) is 0. The van der Waals surface area contributed by atoms with E-state index in [9.17, 15) is 4.79 Å². The molecule has 0 aliphatic carbocycles. The Morgan fingerprint density at radius 1 is 1.42 bits per heavy atom. The number of aromatic amines is 1. The van der Waals surface area contributed by atoms with Gasteiger partial charge in [0.05, 0.1) is 6.26 Å². The lowest BCUT2D eigenvalue weighted by Crippen LogP contribution is -2.30. The molecule has 7 nitrogen and oxygen atoms in total. The maximum atomic E-state index is 12.0. The van der Waals surface area contributed by atoms with E-state index >= 15 is 0 Å². The Balaban J connectivity index is 2.02. The molecule has 4 heterocycles. The fraction of sp³-hybridized carbons (Fsp3) is 0.250. The zero-order valence-corrected chi connectivity index (χ0v) is 10.0. The van der Waals surface area contributed by atoms with Gasteiger partial charge in [-0.25, -0.2) is 9.78 Å². The van der Waals surface area contributed by atoms with Crippen molar-refractivity contribution in [2.45, 2.75) is 13.0 Å². The Morgan fingerprint density at radius 3 is 3.21 bits per heavy atom. The average Bonchev–Trinajstić information content (AvgIpc) is 3.08. The van der Waals surface area contributed by atoms with Crippen LogP contribution in [0, 0.1) is 0 Å². The van der Waals surface area contributed by atoms with Crippen molar-refractivity contribution in [3.05, 3.63) is 40.1 Å². The highest BCUT2D eigenvalue weighted by atomic mass is 16.3. The van der Waals surface area contributed by atoms with Crippen molar-refractivity contribution < 1.29 is 4.42 Å². The number of hydrogen-bond donors (Lipinski definition) is 2. The molecule has 0 spiro atoms. The number of aromatic nitrogens is 4. The van der Waals surface area contributed by atoms with E-state index in [2.05, 4.69) is 20.4 Å². The van der Waals surface area contributed by atoms with Gasteiger partial charge < -0.3 is 14.7 Å². The third-order valence-corrected chi connectivity index (χ3v) is 3.29. The van der Waals surface area contributed by atoms with Crippen molar-refractivity contribution in [3.63, 3.8) is 0 Å². The van der Waals surface area contributed by atoms with Gasteiger partial charge in [-0.3, -0.25) is 0 Å². The maximum absolute atomic E-state index is 12.0. The van der Waals surface area contributed by atoms with Crippen LogP contribution in [0.2, 0.25) is 0 Å². The lowest BCUT2D eigenvalue weighted by Gasteiger charge is -2.16. The standard InChI is InChI=1S/C12H11N5O2/c18-12-14-8-3-4-13-6-7(8)11-15-10(16-17(11)12)9-2-1-5-19-9/h1-2,5,13H,3-4,6H2,(H,14,18). The first kappa shape index (κ1) is 10.5. The zero-order chi connectivity index (χ0) is 12.8. The van der Waals surface area contributed by atoms with Crippen LogP contribution in [0.25, 0.3) is 17.2 Å². The van der Waals surface area contributed by atoms with Gasteiger partial charge in [0.25, 0.3) is 0 Å². The topological polar surface area (TPSA) is 88.2 Å². The van der Waals surface area contributed by atoms with Gasteiger partial charge in [0.2, 0.25) is 5.82 Å². The summed E-state index contributed by atoms with van der Waals surface area (Å²) in [6.07, 6.45) is 2.35. The molecule has 0 radical (unpaired) electrons. The average molecular weight is 257 g/mol. The highest BCUT2D eigenvalue weighted by Crippen LogP contribution is 2.19. The molecule has 0 fully saturated rings. The number of furan rings is 1. The van der Waals surface area contributed by atoms with Gasteiger partial charge in [-0.1, -0.05) is 0 Å². The minimum absolute atomic E-state index is 0.263. The van der Waals surface area contributed by atoms with Crippen molar-refractivity contribution >= 4 is 5.65 Å². The molecule has 4 rings (SSSR count). The lowest BCUT2D eigenvalue weighted by molar-refractivity contribution is 0.577. The minimum Gasteiger partial charge on any atom is -0.461 e. The van der Waals surface area contributed by atoms with E-state index in [0.717, 1.165) is 24.2 Å². The molecule has 0 aromatic carbocycles. The molecule has 0 atom stereocenters. The van der Waals surface area contributed by atoms with Crippen LogP contribution in [0.1, 0.15) is 11.3 Å². The van der Waals surface area contributed by atoms with E-state index in [1.807, 2.05) is 0 Å². The number of nitrogens with one attached hydrogen (secondary N) is 2. The molecule has 3 aromatic rings. The molecule has 1 aliphatic rings. The SMILES string of the molecule is O=c1[nH]c2c(c3nc(-c4ccco4)nn13)CNCC2. The molecule has 0 unspecified atom stereocenters. The summed E-state index contributed by atoms with van der Waals surface area (Å²) in [5.41, 5.74) is 2.27. The Kier molecular flexibility index (Phi) is 2.10. The van der Waals surface area contributed by atoms with Crippen molar-refractivity contribution in [1.29, 1.82) is 0 Å². The Morgan fingerprint density at radius 2 is 2.37 bits per heavy atom. The van der Waals surface area contributed by atoms with Crippen molar-refractivity contribution in [1.82, 2.24) is 24.9 Å². The van der Waals surface area contributed by atoms with Crippen LogP contribution < -0.4 is 11.0 Å². The maximum Gasteiger partial charge on any atom is 0.348 e. The summed E-state index contributed by atoms with van der Waals surface area (Å²) >= 11 is 0. The lowest BCUT2D eigenvalue weighted by atomic mass is 10.1. The number of H-pyrrole nitrogens is 1. The van der Waals surface area contributed by atoms with Crippen LogP contribution in [0.3, 0.4) is 0 Å². The summed E-state index contributed by atoms with van der Waals surface area (Å²) < 4.78 is 6.56. The largest absolute Gasteiger partial charge is 0.461 e. The first-order valence-electron chi connectivity index (χ1n) is 6.08. The van der Waals surface area contributed by atoms with E-state index in [-0.39, 0.29) is 5.69 Å². The number of fused-ring (bicyclic) bond motifs is 3. The molecule has 96 valence electrons. The van der Waals surface area contributed by atoms with Crippen LogP contribution >= 0.6 is 0 Å². The molecule has 0 saturated heterocycles. The van der Waals surface area contributed by atoms with E-state index in [1.165, 1.54) is 4.52 Å². The third kappa shape index (κ3) is 1.52. The summed E-state index contributed by atoms with van der Waals surface area (Å²) in [5.74, 6) is 0.982. The highest BCUT2D eigenvalue weighted by Gasteiger charge is 2.19. The van der Waals surface area contributed by atoms with Crippen LogP contribution in [0.15, 0.2) is 27.6 Å². The summed E-state index contributed by atoms with van der Waals surface area (Å²) in [6, 6.07) is 3.54. The second kappa shape index (κ2) is 3.79. The molecule has 7 heteroatoms. The fourth-order valence-electron chi connectivity index (χ4n) is 2.38. The van der Waals surface area contributed by atoms with Crippen LogP contribution in [0.5, 0.6) is 0 Å². The van der Waals surface area contributed by atoms with Gasteiger partial charge in [-0.2, -0.15) is 4.52 Å². The predicted molar refractivity (Wildman–Crippen MR) is 66.7 cm³/mol. The summed E-state index contributed by atoms with van der Waals surface area (Å²) in [5, 5.41) is 7.47. The number of rotatable bonds is 1. The molecular weight excluding hydrogens is 246 g/mol. The van der Waals surface area contributed by atoms with E-state index in [4.69, 9.17) is 4.42 Å². The highest BCUT2D eigenvalue weighted by molar-refractivity contribution is 5.56. The van der Waals surface area contributed by atoms with Gasteiger partial charge in [0.1, 0.15) is 0 Å². The zero-order valence-electron chi connectivity index (χ0n) is 10.0. The van der Waals surface area contributed by atoms with E-state index < -0.39 is 0 Å². The quantitative estimate of drug-likeness (QED) is 0.655. The van der Waals surface area contributed by atoms with Gasteiger partial charge >= 0.3 is 5.69 Å². The smallest absolute Gasteiger partial charge is 0.348 e. The molecule has 0 amide bonds. The minimum atomic E-state index is -0.263. The fourth-order valence-corrected chi connectivity index (χ4v) is 2.38. The van der Waals surface area contributed by atoms with Crippen molar-refractivity contribution in [2.75, 3.05) is 6.54 Å². The van der Waals surface area contributed by atoms with Gasteiger partial charge in [-0.05, 0) is 12.1 Å². The third-order valence-electron chi connectivity index (χ3n) is 3.29. The van der Waals surface area contributed by atoms with Crippen LogP contribution in [-0.2, 0) is 13.0 Å². The first-order valence-corrected chi connectivity index (χ1v) is 6.08. The normalized spacial score (nSPS) is 14.7. The first-order chi connectivity index (χ1) is 9.33. The Hall–Kier alpha value is -2.41. The summed E-state index contributed by atoms with van der Waals surface area (Å²) in [6.45, 7) is 1.55. The monoisotopic (exact) mass is 257 g/mol. The molecule has 19 heavy (non-hydrogen) atoms. The van der Waals surface area contributed by atoms with Crippen molar-refractivity contribution in [2.24, 2.45) is 0 Å². The molecule has 0 saturated carbocycles. The van der Waals surface area contributed by atoms with Crippen LogP contribution in [-0.4, -0.2) is 26.1 Å². The second-order valence-corrected chi connectivity index (χ2v) is 4.46. The van der Waals surface area contributed by atoms with Crippen LogP contribution in [0.4, 0.5) is 0 Å². The van der Waals surface area contributed by atoms with Gasteiger partial charge in [-0.15, -0.1) is 5.10 Å². The van der Waals surface area contributed by atoms with E-state index in [1.54, 1.807) is 18.4 Å². The summed E-state index contributed by atoms with van der Waals surface area (Å²) in [4.78, 5) is 19.3. The van der Waals surface area contributed by atoms with Gasteiger partial charge in [0, 0.05) is 30.8 Å².